The van der Waals surface area contributed by atoms with Crippen molar-refractivity contribution in [1.82, 2.24) is 15.2 Å². The van der Waals surface area contributed by atoms with Gasteiger partial charge in [0, 0.05) is 13.1 Å². The van der Waals surface area contributed by atoms with Gasteiger partial charge in [0.1, 0.15) is 12.0 Å². The Bertz CT molecular complexity index is 1240. The van der Waals surface area contributed by atoms with E-state index in [-0.39, 0.29) is 5.78 Å². The molecule has 0 fully saturated rings. The highest BCUT2D eigenvalue weighted by atomic mass is 16.5. The Hall–Kier alpha value is -3.78. The molecule has 2 aromatic rings. The highest BCUT2D eigenvalue weighted by molar-refractivity contribution is 5.84. The van der Waals surface area contributed by atoms with Crippen molar-refractivity contribution in [2.24, 2.45) is 0 Å². The topological polar surface area (TPSA) is 86.1 Å². The van der Waals surface area contributed by atoms with E-state index in [0.29, 0.717) is 37.0 Å². The maximum Gasteiger partial charge on any atom is 0.208 e. The van der Waals surface area contributed by atoms with Crippen LogP contribution in [0.3, 0.4) is 0 Å². The summed E-state index contributed by atoms with van der Waals surface area (Å²) >= 11 is 0. The number of nitrogens with zero attached hydrogens (tertiary/aromatic N) is 2. The zero-order valence-electron chi connectivity index (χ0n) is 28.2. The maximum absolute atomic E-state index is 12.0. The predicted molar refractivity (Wildman–Crippen MR) is 175 cm³/mol. The van der Waals surface area contributed by atoms with Crippen LogP contribution in [-0.2, 0) is 22.6 Å². The van der Waals surface area contributed by atoms with Crippen LogP contribution in [0.2, 0.25) is 0 Å². The highest BCUT2D eigenvalue weighted by Crippen LogP contribution is 2.36. The summed E-state index contributed by atoms with van der Waals surface area (Å²) in [4.78, 5) is 18.5. The van der Waals surface area contributed by atoms with Crippen LogP contribution in [0.15, 0.2) is 77.4 Å². The van der Waals surface area contributed by atoms with Crippen LogP contribution in [0, 0.1) is 6.92 Å². The van der Waals surface area contributed by atoms with Gasteiger partial charge in [0.05, 0.1) is 25.5 Å². The Morgan fingerprint density at radius 3 is 2.37 bits per heavy atom. The van der Waals surface area contributed by atoms with Crippen molar-refractivity contribution in [3.63, 3.8) is 0 Å². The molecule has 0 spiro atoms. The molecule has 0 saturated heterocycles. The van der Waals surface area contributed by atoms with Crippen LogP contribution in [-0.4, -0.2) is 40.6 Å². The van der Waals surface area contributed by atoms with E-state index in [4.69, 9.17) is 18.6 Å². The molecular formula is C35H53N3O5. The molecular weight excluding hydrogens is 542 g/mol. The van der Waals surface area contributed by atoms with E-state index >= 15 is 0 Å². The lowest BCUT2D eigenvalue weighted by atomic mass is 10.0. The number of carbonyl (C=O) groups excluding carboxylic acids is 1. The summed E-state index contributed by atoms with van der Waals surface area (Å²) in [5, 5.41) is 3.44. The van der Waals surface area contributed by atoms with Crippen LogP contribution in [0.5, 0.6) is 11.5 Å². The molecule has 0 atom stereocenters. The van der Waals surface area contributed by atoms with Crippen molar-refractivity contribution in [3.05, 3.63) is 90.0 Å². The van der Waals surface area contributed by atoms with Gasteiger partial charge in [-0.05, 0) is 79.0 Å². The maximum atomic E-state index is 12.0. The molecule has 0 aliphatic carbocycles. The zero-order chi connectivity index (χ0) is 32.6. The van der Waals surface area contributed by atoms with E-state index in [1.165, 1.54) is 6.92 Å². The second-order valence-electron chi connectivity index (χ2n) is 10.9. The Balaban J connectivity index is 0.000000801. The van der Waals surface area contributed by atoms with Crippen LogP contribution in [0.25, 0.3) is 0 Å². The summed E-state index contributed by atoms with van der Waals surface area (Å²) in [6, 6.07) is 4.01. The molecule has 1 aliphatic heterocycles. The number of hydrogen-bond donors (Lipinski definition) is 1. The molecule has 43 heavy (non-hydrogen) atoms. The summed E-state index contributed by atoms with van der Waals surface area (Å²) in [6.07, 6.45) is 14.1. The SMILES string of the molecule is C=CCC=C/C=C\C.CC.COc1cc(CN(CC2=C(C)OC(C)(C)N2)Cc2ncco2)cc(C)c1OC(C)(C)C(C)=O. The molecule has 238 valence electrons. The predicted octanol–water partition coefficient (Wildman–Crippen LogP) is 8.05. The van der Waals surface area contributed by atoms with Crippen LogP contribution in [0.1, 0.15) is 85.8 Å². The monoisotopic (exact) mass is 595 g/mol. The van der Waals surface area contributed by atoms with Gasteiger partial charge in [-0.2, -0.15) is 0 Å². The van der Waals surface area contributed by atoms with Gasteiger partial charge in [-0.15, -0.1) is 6.58 Å². The molecule has 2 heterocycles. The first-order chi connectivity index (χ1) is 20.3. The number of benzene rings is 1. The van der Waals surface area contributed by atoms with Gasteiger partial charge in [0.2, 0.25) is 5.89 Å². The number of aromatic nitrogens is 1. The average Bonchev–Trinajstić information content (AvgIpc) is 3.55. The summed E-state index contributed by atoms with van der Waals surface area (Å²) < 4.78 is 23.1. The van der Waals surface area contributed by atoms with E-state index in [1.54, 1.807) is 33.4 Å². The van der Waals surface area contributed by atoms with Crippen molar-refractivity contribution < 1.29 is 23.4 Å². The number of nitrogens with one attached hydrogen (secondary N) is 1. The van der Waals surface area contributed by atoms with Gasteiger partial charge in [-0.25, -0.2) is 4.98 Å². The molecule has 0 radical (unpaired) electrons. The lowest BCUT2D eigenvalue weighted by Crippen LogP contribution is -2.38. The lowest BCUT2D eigenvalue weighted by molar-refractivity contribution is -0.129. The van der Waals surface area contributed by atoms with Crippen molar-refractivity contribution in [1.29, 1.82) is 0 Å². The number of oxazole rings is 1. The molecule has 8 heteroatoms. The van der Waals surface area contributed by atoms with Gasteiger partial charge in [0.25, 0.3) is 0 Å². The van der Waals surface area contributed by atoms with E-state index in [2.05, 4.69) is 33.9 Å². The number of carbonyl (C=O) groups is 1. The molecule has 1 aromatic heterocycles. The summed E-state index contributed by atoms with van der Waals surface area (Å²) in [7, 11) is 1.60. The zero-order valence-corrected chi connectivity index (χ0v) is 28.2. The Kier molecular flexibility index (Phi) is 15.6. The number of ketones is 1. The molecule has 3 rings (SSSR count). The number of hydrogen-bond acceptors (Lipinski definition) is 8. The molecule has 0 saturated carbocycles. The fraction of sp³-hybridized carbons (Fsp3) is 0.486. The first-order valence-electron chi connectivity index (χ1n) is 14.9. The normalized spacial score (nSPS) is 14.0. The number of methoxy groups -OCH3 is 1. The summed E-state index contributed by atoms with van der Waals surface area (Å²) in [5.74, 6) is 2.63. The number of aryl methyl sites for hydroxylation is 1. The molecule has 1 N–H and O–H groups in total. The lowest BCUT2D eigenvalue weighted by Gasteiger charge is -2.27. The van der Waals surface area contributed by atoms with Crippen molar-refractivity contribution in [2.45, 2.75) is 100 Å². The molecule has 0 amide bonds. The first-order valence-corrected chi connectivity index (χ1v) is 14.9. The van der Waals surface area contributed by atoms with Gasteiger partial charge in [0.15, 0.2) is 28.6 Å². The molecule has 8 nitrogen and oxygen atoms in total. The Morgan fingerprint density at radius 1 is 1.16 bits per heavy atom. The third kappa shape index (κ3) is 12.5. The quantitative estimate of drug-likeness (QED) is 0.184. The van der Waals surface area contributed by atoms with Gasteiger partial charge < -0.3 is 23.9 Å². The molecule has 0 bridgehead atoms. The fourth-order valence-corrected chi connectivity index (χ4v) is 4.12. The third-order valence-electron chi connectivity index (χ3n) is 6.38. The highest BCUT2D eigenvalue weighted by Gasteiger charge is 2.31. The Labute approximate surface area is 259 Å². The summed E-state index contributed by atoms with van der Waals surface area (Å²) in [6.45, 7) is 24.3. The van der Waals surface area contributed by atoms with E-state index in [1.807, 2.05) is 78.8 Å². The minimum atomic E-state index is -0.943. The second kappa shape index (κ2) is 18.0. The number of rotatable bonds is 13. The fourth-order valence-electron chi connectivity index (χ4n) is 4.12. The minimum absolute atomic E-state index is 0.0528. The van der Waals surface area contributed by atoms with Crippen molar-refractivity contribution in [3.8, 4) is 11.5 Å². The van der Waals surface area contributed by atoms with Crippen molar-refractivity contribution in [2.75, 3.05) is 13.7 Å². The van der Waals surface area contributed by atoms with E-state index in [0.717, 1.165) is 29.0 Å². The van der Waals surface area contributed by atoms with Gasteiger partial charge in [-0.3, -0.25) is 9.69 Å². The van der Waals surface area contributed by atoms with Crippen LogP contribution < -0.4 is 14.8 Å². The van der Waals surface area contributed by atoms with Crippen molar-refractivity contribution >= 4 is 5.78 Å². The first kappa shape index (κ1) is 37.2. The average molecular weight is 596 g/mol. The molecule has 0 unspecified atom stereocenters. The van der Waals surface area contributed by atoms with E-state index in [9.17, 15) is 4.79 Å². The number of ether oxygens (including phenoxy) is 3. The van der Waals surface area contributed by atoms with Gasteiger partial charge >= 0.3 is 0 Å². The Morgan fingerprint density at radius 2 is 1.86 bits per heavy atom. The number of allylic oxidation sites excluding steroid dienone is 6. The summed E-state index contributed by atoms with van der Waals surface area (Å²) in [5.41, 5.74) is 1.59. The number of Topliss-reactive ketones (excluding diaryl/α,β-unsaturated/α-hetero) is 1. The molecule has 1 aromatic carbocycles. The largest absolute Gasteiger partial charge is 0.493 e. The standard InChI is InChI=1S/C25H35N3O5.C8H12.C2H6/c1-16-11-19(12-21(30-8)23(16)33-24(4,5)18(3)29)13-28(15-22-26-9-10-31-22)14-20-17(2)32-25(6,7)27-20;1-3-5-7-8-6-4-2;1-2/h9-12,27H,13-15H2,1-8H3;3-4,6-8H,1,5H2,2H3;1-2H3/b;6-4-,8-7?;. The third-order valence-corrected chi connectivity index (χ3v) is 6.38. The van der Waals surface area contributed by atoms with Crippen LogP contribution >= 0.6 is 0 Å². The minimum Gasteiger partial charge on any atom is -0.493 e. The molecule has 1 aliphatic rings. The van der Waals surface area contributed by atoms with Gasteiger partial charge in [-0.1, -0.05) is 50.3 Å². The van der Waals surface area contributed by atoms with E-state index < -0.39 is 11.3 Å². The smallest absolute Gasteiger partial charge is 0.208 e. The second-order valence-corrected chi connectivity index (χ2v) is 10.9. The van der Waals surface area contributed by atoms with Crippen LogP contribution in [0.4, 0.5) is 0 Å².